The Morgan fingerprint density at radius 3 is 2.79 bits per heavy atom. The molecule has 3 heteroatoms. The summed E-state index contributed by atoms with van der Waals surface area (Å²) in [4.78, 5) is 6.89. The monoisotopic (exact) mass is 254 g/mol. The van der Waals surface area contributed by atoms with Gasteiger partial charge in [-0.1, -0.05) is 0 Å². The van der Waals surface area contributed by atoms with Crippen molar-refractivity contribution >= 4 is 21.7 Å². The van der Waals surface area contributed by atoms with Gasteiger partial charge in [-0.3, -0.25) is 0 Å². The molecule has 0 atom stereocenters. The highest BCUT2D eigenvalue weighted by atomic mass is 79.9. The van der Waals surface area contributed by atoms with Crippen LogP contribution in [0.1, 0.15) is 25.3 Å². The Kier molecular flexibility index (Phi) is 2.77. The lowest BCUT2D eigenvalue weighted by molar-refractivity contribution is 0.803. The number of anilines is 1. The molecule has 0 aliphatic heterocycles. The molecule has 1 aromatic heterocycles. The summed E-state index contributed by atoms with van der Waals surface area (Å²) in [7, 11) is 0. The highest BCUT2D eigenvalue weighted by Gasteiger charge is 2.29. The minimum absolute atomic E-state index is 0.743. The van der Waals surface area contributed by atoms with Gasteiger partial charge >= 0.3 is 0 Å². The van der Waals surface area contributed by atoms with Crippen LogP contribution in [0, 0.1) is 6.92 Å². The normalized spacial score (nSPS) is 15.6. The Hall–Kier alpha value is -0.570. The third kappa shape index (κ3) is 1.92. The molecule has 1 aromatic rings. The van der Waals surface area contributed by atoms with Crippen LogP contribution in [0.4, 0.5) is 5.82 Å². The third-order valence-electron chi connectivity index (χ3n) is 2.62. The van der Waals surface area contributed by atoms with Gasteiger partial charge in [-0.05, 0) is 54.2 Å². The smallest absolute Gasteiger partial charge is 0.131 e. The lowest BCUT2D eigenvalue weighted by Crippen LogP contribution is -2.26. The van der Waals surface area contributed by atoms with Crippen molar-refractivity contribution < 1.29 is 0 Å². The number of aromatic nitrogens is 1. The fraction of sp³-hybridized carbons (Fsp3) is 0.545. The molecule has 14 heavy (non-hydrogen) atoms. The summed E-state index contributed by atoms with van der Waals surface area (Å²) < 4.78 is 1.06. The topological polar surface area (TPSA) is 16.1 Å². The van der Waals surface area contributed by atoms with Crippen LogP contribution in [-0.2, 0) is 0 Å². The van der Waals surface area contributed by atoms with Crippen molar-refractivity contribution in [3.8, 4) is 0 Å². The first kappa shape index (κ1) is 9.97. The van der Waals surface area contributed by atoms with Crippen LogP contribution in [0.15, 0.2) is 16.7 Å². The zero-order chi connectivity index (χ0) is 10.1. The van der Waals surface area contributed by atoms with Gasteiger partial charge in [0.25, 0.3) is 0 Å². The Balaban J connectivity index is 2.29. The predicted molar refractivity (Wildman–Crippen MR) is 62.7 cm³/mol. The molecule has 0 bridgehead atoms. The second-order valence-corrected chi connectivity index (χ2v) is 4.73. The summed E-state index contributed by atoms with van der Waals surface area (Å²) in [5, 5.41) is 0. The average molecular weight is 255 g/mol. The van der Waals surface area contributed by atoms with Crippen LogP contribution in [0.25, 0.3) is 0 Å². The summed E-state index contributed by atoms with van der Waals surface area (Å²) >= 11 is 3.44. The maximum atomic E-state index is 4.49. The zero-order valence-electron chi connectivity index (χ0n) is 8.63. The van der Waals surface area contributed by atoms with E-state index in [4.69, 9.17) is 0 Å². The SMILES string of the molecule is CCN(c1ncc(Br)cc1C)C1CC1. The summed E-state index contributed by atoms with van der Waals surface area (Å²) in [6, 6.07) is 2.88. The Morgan fingerprint density at radius 1 is 1.57 bits per heavy atom. The number of aryl methyl sites for hydroxylation is 1. The Morgan fingerprint density at radius 2 is 2.29 bits per heavy atom. The first-order chi connectivity index (χ1) is 6.72. The molecule has 0 amide bonds. The van der Waals surface area contributed by atoms with Gasteiger partial charge in [-0.25, -0.2) is 4.98 Å². The van der Waals surface area contributed by atoms with Crippen LogP contribution in [0.3, 0.4) is 0 Å². The highest BCUT2D eigenvalue weighted by Crippen LogP contribution is 2.32. The van der Waals surface area contributed by atoms with Crippen LogP contribution in [0.2, 0.25) is 0 Å². The number of hydrogen-bond donors (Lipinski definition) is 0. The lowest BCUT2D eigenvalue weighted by Gasteiger charge is -2.23. The maximum Gasteiger partial charge on any atom is 0.131 e. The van der Waals surface area contributed by atoms with Crippen LogP contribution >= 0.6 is 15.9 Å². The van der Waals surface area contributed by atoms with Crippen LogP contribution in [0.5, 0.6) is 0 Å². The van der Waals surface area contributed by atoms with Crippen molar-refractivity contribution in [1.29, 1.82) is 0 Å². The van der Waals surface area contributed by atoms with E-state index < -0.39 is 0 Å². The first-order valence-corrected chi connectivity index (χ1v) is 5.90. The molecule has 1 aliphatic carbocycles. The second kappa shape index (κ2) is 3.89. The molecule has 1 saturated carbocycles. The maximum absolute atomic E-state index is 4.49. The Bertz CT molecular complexity index is 334. The summed E-state index contributed by atoms with van der Waals surface area (Å²) in [5.41, 5.74) is 1.26. The van der Waals surface area contributed by atoms with E-state index in [1.165, 1.54) is 18.4 Å². The lowest BCUT2D eigenvalue weighted by atomic mass is 10.2. The van der Waals surface area contributed by atoms with Gasteiger partial charge in [0.15, 0.2) is 0 Å². The third-order valence-corrected chi connectivity index (χ3v) is 3.05. The van der Waals surface area contributed by atoms with E-state index in [2.05, 4.69) is 45.7 Å². The van der Waals surface area contributed by atoms with E-state index in [1.54, 1.807) is 0 Å². The molecule has 0 N–H and O–H groups in total. The predicted octanol–water partition coefficient (Wildman–Crippen LogP) is 3.14. The van der Waals surface area contributed by atoms with Crippen molar-refractivity contribution in [3.63, 3.8) is 0 Å². The number of hydrogen-bond acceptors (Lipinski definition) is 2. The number of halogens is 1. The fourth-order valence-electron chi connectivity index (χ4n) is 1.80. The average Bonchev–Trinajstić information content (AvgIpc) is 2.93. The van der Waals surface area contributed by atoms with Crippen molar-refractivity contribution in [2.75, 3.05) is 11.4 Å². The van der Waals surface area contributed by atoms with Crippen molar-refractivity contribution in [2.24, 2.45) is 0 Å². The fourth-order valence-corrected chi connectivity index (χ4v) is 2.25. The highest BCUT2D eigenvalue weighted by molar-refractivity contribution is 9.10. The molecule has 0 unspecified atom stereocenters. The zero-order valence-corrected chi connectivity index (χ0v) is 10.2. The van der Waals surface area contributed by atoms with E-state index >= 15 is 0 Å². The van der Waals surface area contributed by atoms with Gasteiger partial charge < -0.3 is 4.90 Å². The molecule has 1 aliphatic rings. The van der Waals surface area contributed by atoms with Crippen molar-refractivity contribution in [2.45, 2.75) is 32.7 Å². The minimum Gasteiger partial charge on any atom is -0.354 e. The first-order valence-electron chi connectivity index (χ1n) is 5.11. The minimum atomic E-state index is 0.743. The van der Waals surface area contributed by atoms with E-state index in [0.717, 1.165) is 22.9 Å². The molecular weight excluding hydrogens is 240 g/mol. The number of nitrogens with zero attached hydrogens (tertiary/aromatic N) is 2. The largest absolute Gasteiger partial charge is 0.354 e. The number of pyridine rings is 1. The van der Waals surface area contributed by atoms with Gasteiger partial charge in [0.2, 0.25) is 0 Å². The molecule has 0 radical (unpaired) electrons. The quantitative estimate of drug-likeness (QED) is 0.824. The molecule has 0 spiro atoms. The van der Waals surface area contributed by atoms with Crippen molar-refractivity contribution in [3.05, 3.63) is 22.3 Å². The standard InChI is InChI=1S/C11H15BrN2/c1-3-14(10-4-5-10)11-8(2)6-9(12)7-13-11/h6-7,10H,3-5H2,1-2H3. The van der Waals surface area contributed by atoms with E-state index in [9.17, 15) is 0 Å². The molecule has 2 rings (SSSR count). The summed E-state index contributed by atoms with van der Waals surface area (Å²) in [5.74, 6) is 1.15. The summed E-state index contributed by atoms with van der Waals surface area (Å²) in [6.07, 6.45) is 4.53. The van der Waals surface area contributed by atoms with Gasteiger partial charge in [0.1, 0.15) is 5.82 Å². The van der Waals surface area contributed by atoms with Gasteiger partial charge in [0.05, 0.1) is 0 Å². The van der Waals surface area contributed by atoms with Gasteiger partial charge in [0, 0.05) is 23.3 Å². The summed E-state index contributed by atoms with van der Waals surface area (Å²) in [6.45, 7) is 5.37. The molecule has 0 aromatic carbocycles. The number of rotatable bonds is 3. The molecule has 0 saturated heterocycles. The molecule has 1 fully saturated rings. The van der Waals surface area contributed by atoms with Gasteiger partial charge in [-0.2, -0.15) is 0 Å². The molecule has 2 nitrogen and oxygen atoms in total. The molecular formula is C11H15BrN2. The van der Waals surface area contributed by atoms with Crippen LogP contribution in [-0.4, -0.2) is 17.6 Å². The van der Waals surface area contributed by atoms with Crippen molar-refractivity contribution in [1.82, 2.24) is 4.98 Å². The molecule has 1 heterocycles. The Labute approximate surface area is 93.5 Å². The van der Waals surface area contributed by atoms with Gasteiger partial charge in [-0.15, -0.1) is 0 Å². The van der Waals surface area contributed by atoms with E-state index in [0.29, 0.717) is 0 Å². The van der Waals surface area contributed by atoms with E-state index in [-0.39, 0.29) is 0 Å². The van der Waals surface area contributed by atoms with E-state index in [1.807, 2.05) is 6.20 Å². The second-order valence-electron chi connectivity index (χ2n) is 3.81. The van der Waals surface area contributed by atoms with Crippen LogP contribution < -0.4 is 4.90 Å². The molecule has 76 valence electrons.